The topological polar surface area (TPSA) is 78.4 Å². The molecule has 0 heterocycles. The second kappa shape index (κ2) is 7.96. The first-order chi connectivity index (χ1) is 7.43. The van der Waals surface area contributed by atoms with E-state index < -0.39 is 11.9 Å². The number of hydrogen-bond donors (Lipinski definition) is 3. The average molecular weight is 230 g/mol. The first-order valence-corrected chi connectivity index (χ1v) is 5.68. The lowest BCUT2D eigenvalue weighted by molar-refractivity contribution is -0.140. The summed E-state index contributed by atoms with van der Waals surface area (Å²) in [5.41, 5.74) is 0. The van der Waals surface area contributed by atoms with E-state index >= 15 is 0 Å². The summed E-state index contributed by atoms with van der Waals surface area (Å²) >= 11 is 0. The van der Waals surface area contributed by atoms with Crippen LogP contribution in [0.4, 0.5) is 4.79 Å². The minimum Gasteiger partial charge on any atom is -0.481 e. The minimum atomic E-state index is -0.903. The highest BCUT2D eigenvalue weighted by molar-refractivity contribution is 5.75. The fourth-order valence-electron chi connectivity index (χ4n) is 1.11. The van der Waals surface area contributed by atoms with Gasteiger partial charge < -0.3 is 15.7 Å². The number of carboxylic acid groups (broad SMARTS) is 1. The molecule has 0 saturated carbocycles. The molecule has 5 nitrogen and oxygen atoms in total. The third-order valence-corrected chi connectivity index (χ3v) is 2.23. The molecule has 0 rings (SSSR count). The normalized spacial score (nSPS) is 12.2. The molecule has 0 fully saturated rings. The summed E-state index contributed by atoms with van der Waals surface area (Å²) in [7, 11) is 0. The molecule has 0 aromatic carbocycles. The van der Waals surface area contributed by atoms with E-state index in [0.29, 0.717) is 12.5 Å². The van der Waals surface area contributed by atoms with Gasteiger partial charge in [0.1, 0.15) is 0 Å². The van der Waals surface area contributed by atoms with Crippen molar-refractivity contribution in [1.82, 2.24) is 10.6 Å². The molecule has 0 radical (unpaired) electrons. The Bertz CT molecular complexity index is 229. The van der Waals surface area contributed by atoms with E-state index in [1.165, 1.54) is 0 Å². The summed E-state index contributed by atoms with van der Waals surface area (Å²) in [4.78, 5) is 21.7. The van der Waals surface area contributed by atoms with Gasteiger partial charge in [0, 0.05) is 13.1 Å². The summed E-state index contributed by atoms with van der Waals surface area (Å²) in [6.07, 6.45) is 2.02. The Morgan fingerprint density at radius 3 is 2.31 bits per heavy atom. The van der Waals surface area contributed by atoms with Crippen molar-refractivity contribution >= 4 is 12.0 Å². The maximum Gasteiger partial charge on any atom is 0.314 e. The van der Waals surface area contributed by atoms with Gasteiger partial charge in [-0.3, -0.25) is 4.79 Å². The maximum absolute atomic E-state index is 11.2. The summed E-state index contributed by atoms with van der Waals surface area (Å²) in [5, 5.41) is 13.8. The fourth-order valence-corrected chi connectivity index (χ4v) is 1.11. The quantitative estimate of drug-likeness (QED) is 0.579. The van der Waals surface area contributed by atoms with Gasteiger partial charge in [0.25, 0.3) is 0 Å². The lowest BCUT2D eigenvalue weighted by atomic mass is 10.1. The van der Waals surface area contributed by atoms with Gasteiger partial charge in [0.15, 0.2) is 0 Å². The summed E-state index contributed by atoms with van der Waals surface area (Å²) in [5.74, 6) is -0.821. The molecule has 2 amide bonds. The van der Waals surface area contributed by atoms with Crippen molar-refractivity contribution in [3.8, 4) is 0 Å². The molecular formula is C11H22N2O3. The van der Waals surface area contributed by atoms with Gasteiger partial charge in [0.05, 0.1) is 5.92 Å². The Morgan fingerprint density at radius 2 is 1.81 bits per heavy atom. The SMILES string of the molecule is CC(C)CCCNC(=O)NCC(C)C(=O)O. The monoisotopic (exact) mass is 230 g/mol. The van der Waals surface area contributed by atoms with Crippen molar-refractivity contribution in [2.75, 3.05) is 13.1 Å². The second-order valence-corrected chi connectivity index (χ2v) is 4.41. The molecule has 0 aliphatic rings. The molecule has 0 aromatic heterocycles. The molecule has 16 heavy (non-hydrogen) atoms. The highest BCUT2D eigenvalue weighted by Gasteiger charge is 2.11. The molecule has 1 unspecified atom stereocenters. The molecule has 0 aliphatic carbocycles. The zero-order chi connectivity index (χ0) is 12.6. The lowest BCUT2D eigenvalue weighted by Gasteiger charge is -2.10. The van der Waals surface area contributed by atoms with E-state index in [1.807, 2.05) is 0 Å². The Balaban J connectivity index is 3.48. The van der Waals surface area contributed by atoms with Crippen molar-refractivity contribution in [1.29, 1.82) is 0 Å². The molecule has 0 aliphatic heterocycles. The molecule has 0 spiro atoms. The molecule has 0 saturated heterocycles. The highest BCUT2D eigenvalue weighted by atomic mass is 16.4. The van der Waals surface area contributed by atoms with Gasteiger partial charge in [-0.15, -0.1) is 0 Å². The lowest BCUT2D eigenvalue weighted by Crippen LogP contribution is -2.39. The van der Waals surface area contributed by atoms with Crippen LogP contribution >= 0.6 is 0 Å². The van der Waals surface area contributed by atoms with Crippen LogP contribution in [0.1, 0.15) is 33.6 Å². The zero-order valence-electron chi connectivity index (χ0n) is 10.2. The van der Waals surface area contributed by atoms with E-state index in [4.69, 9.17) is 5.11 Å². The number of carboxylic acids is 1. The third-order valence-electron chi connectivity index (χ3n) is 2.23. The smallest absolute Gasteiger partial charge is 0.314 e. The van der Waals surface area contributed by atoms with E-state index in [2.05, 4.69) is 24.5 Å². The van der Waals surface area contributed by atoms with E-state index in [-0.39, 0.29) is 12.6 Å². The minimum absolute atomic E-state index is 0.158. The number of urea groups is 1. The Hall–Kier alpha value is -1.26. The Labute approximate surface area is 96.6 Å². The van der Waals surface area contributed by atoms with Gasteiger partial charge in [-0.25, -0.2) is 4.79 Å². The van der Waals surface area contributed by atoms with Gasteiger partial charge in [-0.2, -0.15) is 0 Å². The van der Waals surface area contributed by atoms with Crippen LogP contribution in [-0.4, -0.2) is 30.2 Å². The molecule has 5 heteroatoms. The molecule has 3 N–H and O–H groups in total. The third kappa shape index (κ3) is 8.08. The first-order valence-electron chi connectivity index (χ1n) is 5.68. The van der Waals surface area contributed by atoms with Crippen LogP contribution in [0, 0.1) is 11.8 Å². The zero-order valence-corrected chi connectivity index (χ0v) is 10.2. The summed E-state index contributed by atoms with van der Waals surface area (Å²) in [6, 6.07) is -0.295. The number of carbonyl (C=O) groups excluding carboxylic acids is 1. The molecule has 0 bridgehead atoms. The van der Waals surface area contributed by atoms with Crippen LogP contribution in [0.15, 0.2) is 0 Å². The average Bonchev–Trinajstić information content (AvgIpc) is 2.20. The summed E-state index contributed by atoms with van der Waals surface area (Å²) < 4.78 is 0. The van der Waals surface area contributed by atoms with Crippen LogP contribution in [0.25, 0.3) is 0 Å². The van der Waals surface area contributed by atoms with Crippen molar-refractivity contribution in [2.24, 2.45) is 11.8 Å². The highest BCUT2D eigenvalue weighted by Crippen LogP contribution is 2.01. The molecule has 0 aromatic rings. The number of aliphatic carboxylic acids is 1. The first kappa shape index (κ1) is 14.7. The molecular weight excluding hydrogens is 208 g/mol. The van der Waals surface area contributed by atoms with Crippen molar-refractivity contribution in [3.63, 3.8) is 0 Å². The van der Waals surface area contributed by atoms with E-state index in [0.717, 1.165) is 12.8 Å². The number of rotatable bonds is 7. The predicted molar refractivity (Wildman–Crippen MR) is 62.3 cm³/mol. The van der Waals surface area contributed by atoms with Crippen LogP contribution < -0.4 is 10.6 Å². The number of nitrogens with one attached hydrogen (secondary N) is 2. The Kier molecular flexibility index (Phi) is 7.33. The molecule has 1 atom stereocenters. The van der Waals surface area contributed by atoms with Gasteiger partial charge >= 0.3 is 12.0 Å². The summed E-state index contributed by atoms with van der Waals surface area (Å²) in [6.45, 7) is 6.61. The Morgan fingerprint density at radius 1 is 1.19 bits per heavy atom. The van der Waals surface area contributed by atoms with E-state index in [1.54, 1.807) is 6.92 Å². The van der Waals surface area contributed by atoms with Crippen molar-refractivity contribution < 1.29 is 14.7 Å². The molecule has 94 valence electrons. The maximum atomic E-state index is 11.2. The van der Waals surface area contributed by atoms with E-state index in [9.17, 15) is 9.59 Å². The number of hydrogen-bond acceptors (Lipinski definition) is 2. The van der Waals surface area contributed by atoms with Crippen LogP contribution in [0.2, 0.25) is 0 Å². The van der Waals surface area contributed by atoms with Gasteiger partial charge in [-0.1, -0.05) is 20.8 Å². The standard InChI is InChI=1S/C11H22N2O3/c1-8(2)5-4-6-12-11(16)13-7-9(3)10(14)15/h8-9H,4-7H2,1-3H3,(H,14,15)(H2,12,13,16). The predicted octanol–water partition coefficient (Wildman–Crippen LogP) is 1.44. The second-order valence-electron chi connectivity index (χ2n) is 4.41. The van der Waals surface area contributed by atoms with Crippen LogP contribution in [-0.2, 0) is 4.79 Å². The number of amides is 2. The largest absolute Gasteiger partial charge is 0.481 e. The van der Waals surface area contributed by atoms with Crippen LogP contribution in [0.5, 0.6) is 0 Å². The van der Waals surface area contributed by atoms with Crippen molar-refractivity contribution in [3.05, 3.63) is 0 Å². The van der Waals surface area contributed by atoms with Crippen LogP contribution in [0.3, 0.4) is 0 Å². The van der Waals surface area contributed by atoms with Gasteiger partial charge in [-0.05, 0) is 18.8 Å². The van der Waals surface area contributed by atoms with Crippen molar-refractivity contribution in [2.45, 2.75) is 33.6 Å². The fraction of sp³-hybridized carbons (Fsp3) is 0.818. The number of carbonyl (C=O) groups is 2. The van der Waals surface area contributed by atoms with Gasteiger partial charge in [0.2, 0.25) is 0 Å².